The Hall–Kier alpha value is -3.62. The molecule has 0 aliphatic rings. The van der Waals surface area contributed by atoms with Crippen LogP contribution in [0.25, 0.3) is 11.6 Å². The van der Waals surface area contributed by atoms with Gasteiger partial charge in [0.2, 0.25) is 5.89 Å². The summed E-state index contributed by atoms with van der Waals surface area (Å²) in [6.45, 7) is 1.35. The molecular formula is C17H14FN5O3. The van der Waals surface area contributed by atoms with E-state index in [1.807, 2.05) is 0 Å². The van der Waals surface area contributed by atoms with Crippen LogP contribution in [0.3, 0.4) is 0 Å². The zero-order valence-electron chi connectivity index (χ0n) is 13.7. The minimum atomic E-state index is -0.646. The molecular weight excluding hydrogens is 341 g/mol. The van der Waals surface area contributed by atoms with Gasteiger partial charge in [0.25, 0.3) is 5.91 Å². The number of nitrogen functional groups attached to an aromatic ring is 1. The molecule has 0 spiro atoms. The number of carbonyl (C=O) groups excluding carboxylic acids is 2. The van der Waals surface area contributed by atoms with Gasteiger partial charge in [-0.05, 0) is 31.2 Å². The Morgan fingerprint density at radius 1 is 1.23 bits per heavy atom. The van der Waals surface area contributed by atoms with E-state index in [4.69, 9.17) is 10.2 Å². The molecule has 2 aromatic heterocycles. The number of aryl methyl sites for hydroxylation is 1. The molecule has 0 saturated carbocycles. The molecule has 0 aliphatic carbocycles. The molecule has 3 aromatic rings. The number of Topliss-reactive ketones (excluding diaryl/α,β-unsaturated/α-hetero) is 1. The van der Waals surface area contributed by atoms with Crippen molar-refractivity contribution in [1.29, 1.82) is 0 Å². The number of anilines is 1. The first-order chi connectivity index (χ1) is 12.5. The number of benzene rings is 1. The lowest BCUT2D eigenvalue weighted by Gasteiger charge is -2.09. The van der Waals surface area contributed by atoms with Crippen molar-refractivity contribution in [3.63, 3.8) is 0 Å². The van der Waals surface area contributed by atoms with Crippen molar-refractivity contribution < 1.29 is 18.4 Å². The quantitative estimate of drug-likeness (QED) is 0.668. The van der Waals surface area contributed by atoms with Gasteiger partial charge in [0.15, 0.2) is 17.3 Å². The third-order valence-corrected chi connectivity index (χ3v) is 3.52. The number of hydrogen-bond donors (Lipinski definition) is 2. The van der Waals surface area contributed by atoms with Crippen molar-refractivity contribution in [3.05, 3.63) is 59.5 Å². The topological polar surface area (TPSA) is 124 Å². The molecule has 0 saturated heterocycles. The van der Waals surface area contributed by atoms with Crippen LogP contribution in [0.1, 0.15) is 26.5 Å². The lowest BCUT2D eigenvalue weighted by atomic mass is 10.1. The predicted octanol–water partition coefficient (Wildman–Crippen LogP) is 1.77. The van der Waals surface area contributed by atoms with Crippen LogP contribution in [0.15, 0.2) is 41.1 Å². The summed E-state index contributed by atoms with van der Waals surface area (Å²) < 4.78 is 18.0. The average molecular weight is 355 g/mol. The van der Waals surface area contributed by atoms with E-state index >= 15 is 0 Å². The first-order valence-electron chi connectivity index (χ1n) is 7.56. The highest BCUT2D eigenvalue weighted by molar-refractivity contribution is 6.02. The van der Waals surface area contributed by atoms with Crippen LogP contribution in [0.2, 0.25) is 0 Å². The molecule has 3 rings (SSSR count). The molecule has 2 heterocycles. The van der Waals surface area contributed by atoms with Crippen molar-refractivity contribution >= 4 is 17.5 Å². The standard InChI is InChI=1S/C17H14FN5O3/c1-9-13(17-20-6-7-26-17)23-15(19)14(22-9)16(25)21-8-12(24)10-2-4-11(18)5-3-10/h2-7H,8H2,1H3,(H2,19,23)(H,21,25). The summed E-state index contributed by atoms with van der Waals surface area (Å²) in [5.41, 5.74) is 6.70. The van der Waals surface area contributed by atoms with Crippen LogP contribution in [0.4, 0.5) is 10.2 Å². The number of halogens is 1. The van der Waals surface area contributed by atoms with Gasteiger partial charge in [0.1, 0.15) is 17.8 Å². The van der Waals surface area contributed by atoms with E-state index in [9.17, 15) is 14.0 Å². The van der Waals surface area contributed by atoms with Gasteiger partial charge in [-0.1, -0.05) is 0 Å². The minimum Gasteiger partial charge on any atom is -0.443 e. The number of rotatable bonds is 5. The largest absolute Gasteiger partial charge is 0.443 e. The Balaban J connectivity index is 1.73. The van der Waals surface area contributed by atoms with Crippen molar-refractivity contribution in [2.24, 2.45) is 0 Å². The molecule has 132 valence electrons. The molecule has 0 radical (unpaired) electrons. The fraction of sp³-hybridized carbons (Fsp3) is 0.118. The normalized spacial score (nSPS) is 10.5. The minimum absolute atomic E-state index is 0.107. The lowest BCUT2D eigenvalue weighted by molar-refractivity contribution is 0.0901. The zero-order valence-corrected chi connectivity index (χ0v) is 13.7. The number of aromatic nitrogens is 3. The summed E-state index contributed by atoms with van der Waals surface area (Å²) in [6.07, 6.45) is 2.84. The first-order valence-corrected chi connectivity index (χ1v) is 7.56. The highest BCUT2D eigenvalue weighted by Gasteiger charge is 2.19. The summed E-state index contributed by atoms with van der Waals surface area (Å²) >= 11 is 0. The first kappa shape index (κ1) is 17.2. The summed E-state index contributed by atoms with van der Waals surface area (Å²) in [7, 11) is 0. The van der Waals surface area contributed by atoms with Gasteiger partial charge in [0, 0.05) is 5.56 Å². The molecule has 26 heavy (non-hydrogen) atoms. The van der Waals surface area contributed by atoms with Crippen molar-refractivity contribution in [2.75, 3.05) is 12.3 Å². The summed E-state index contributed by atoms with van der Waals surface area (Å²) in [6, 6.07) is 5.02. The SMILES string of the molecule is Cc1nc(C(=O)NCC(=O)c2ccc(F)cc2)c(N)nc1-c1ncco1. The fourth-order valence-electron chi connectivity index (χ4n) is 2.22. The van der Waals surface area contributed by atoms with E-state index in [1.165, 1.54) is 36.7 Å². The van der Waals surface area contributed by atoms with Gasteiger partial charge in [-0.2, -0.15) is 0 Å². The summed E-state index contributed by atoms with van der Waals surface area (Å²) in [5.74, 6) is -1.35. The second-order valence-electron chi connectivity index (χ2n) is 5.34. The van der Waals surface area contributed by atoms with Gasteiger partial charge in [-0.25, -0.2) is 19.3 Å². The van der Waals surface area contributed by atoms with E-state index in [1.54, 1.807) is 6.92 Å². The molecule has 3 N–H and O–H groups in total. The van der Waals surface area contributed by atoms with Crippen LogP contribution < -0.4 is 11.1 Å². The van der Waals surface area contributed by atoms with Crippen LogP contribution in [0.5, 0.6) is 0 Å². The number of ketones is 1. The molecule has 1 aromatic carbocycles. The van der Waals surface area contributed by atoms with Gasteiger partial charge < -0.3 is 15.5 Å². The number of amides is 1. The highest BCUT2D eigenvalue weighted by atomic mass is 19.1. The lowest BCUT2D eigenvalue weighted by Crippen LogP contribution is -2.31. The molecule has 0 fully saturated rings. The van der Waals surface area contributed by atoms with Crippen molar-refractivity contribution in [2.45, 2.75) is 6.92 Å². The van der Waals surface area contributed by atoms with E-state index in [0.29, 0.717) is 11.4 Å². The van der Waals surface area contributed by atoms with Crippen LogP contribution >= 0.6 is 0 Å². The molecule has 8 nitrogen and oxygen atoms in total. The maximum atomic E-state index is 12.9. The monoisotopic (exact) mass is 355 g/mol. The molecule has 0 unspecified atom stereocenters. The number of carbonyl (C=O) groups is 2. The fourth-order valence-corrected chi connectivity index (χ4v) is 2.22. The number of nitrogens with zero attached hydrogens (tertiary/aromatic N) is 3. The number of hydrogen-bond acceptors (Lipinski definition) is 7. The number of nitrogens with two attached hydrogens (primary N) is 1. The smallest absolute Gasteiger partial charge is 0.274 e. The summed E-state index contributed by atoms with van der Waals surface area (Å²) in [5, 5.41) is 2.43. The van der Waals surface area contributed by atoms with Gasteiger partial charge in [0.05, 0.1) is 18.4 Å². The van der Waals surface area contributed by atoms with E-state index < -0.39 is 11.7 Å². The second kappa shape index (κ2) is 7.09. The maximum absolute atomic E-state index is 12.9. The van der Waals surface area contributed by atoms with E-state index in [-0.39, 0.29) is 35.3 Å². The summed E-state index contributed by atoms with van der Waals surface area (Å²) in [4.78, 5) is 36.5. The van der Waals surface area contributed by atoms with Crippen LogP contribution in [-0.2, 0) is 0 Å². The van der Waals surface area contributed by atoms with Gasteiger partial charge in [-0.15, -0.1) is 0 Å². The van der Waals surface area contributed by atoms with Gasteiger partial charge in [-0.3, -0.25) is 9.59 Å². The third kappa shape index (κ3) is 3.56. The van der Waals surface area contributed by atoms with Crippen LogP contribution in [-0.4, -0.2) is 33.2 Å². The molecule has 9 heteroatoms. The van der Waals surface area contributed by atoms with E-state index in [0.717, 1.165) is 0 Å². The molecule has 0 atom stereocenters. The van der Waals surface area contributed by atoms with Crippen molar-refractivity contribution in [1.82, 2.24) is 20.3 Å². The van der Waals surface area contributed by atoms with Crippen molar-refractivity contribution in [3.8, 4) is 11.6 Å². The van der Waals surface area contributed by atoms with Gasteiger partial charge >= 0.3 is 0 Å². The Morgan fingerprint density at radius 3 is 2.62 bits per heavy atom. The number of nitrogens with one attached hydrogen (secondary N) is 1. The molecule has 1 amide bonds. The molecule has 0 bridgehead atoms. The maximum Gasteiger partial charge on any atom is 0.274 e. The second-order valence-corrected chi connectivity index (χ2v) is 5.34. The Kier molecular flexibility index (Phi) is 4.70. The zero-order chi connectivity index (χ0) is 18.7. The predicted molar refractivity (Wildman–Crippen MR) is 89.7 cm³/mol. The average Bonchev–Trinajstić information content (AvgIpc) is 3.16. The molecule has 0 aliphatic heterocycles. The number of oxazole rings is 1. The Morgan fingerprint density at radius 2 is 1.96 bits per heavy atom. The Bertz CT molecular complexity index is 955. The highest BCUT2D eigenvalue weighted by Crippen LogP contribution is 2.20. The third-order valence-electron chi connectivity index (χ3n) is 3.52. The Labute approximate surface area is 147 Å². The van der Waals surface area contributed by atoms with Crippen LogP contribution in [0, 0.1) is 12.7 Å². The van der Waals surface area contributed by atoms with E-state index in [2.05, 4.69) is 20.3 Å².